The number of hydrogen-bond donors (Lipinski definition) is 0. The number of hydrogen-bond acceptors (Lipinski definition) is 5. The molecule has 0 aliphatic carbocycles. The third-order valence-electron chi connectivity index (χ3n) is 4.88. The molecule has 3 rings (SSSR count). The van der Waals surface area contributed by atoms with E-state index in [1.807, 2.05) is 12.1 Å². The number of carbonyl (C=O) groups is 2. The molecule has 1 aliphatic heterocycles. The highest BCUT2D eigenvalue weighted by atomic mass is 19.1. The summed E-state index contributed by atoms with van der Waals surface area (Å²) >= 11 is 0. The smallest absolute Gasteiger partial charge is 0.414 e. The molecule has 0 saturated heterocycles. The number of benzene rings is 2. The zero-order chi connectivity index (χ0) is 23.5. The van der Waals surface area contributed by atoms with Crippen molar-refractivity contribution in [3.63, 3.8) is 0 Å². The Hall–Kier alpha value is -3.35. The third-order valence-corrected chi connectivity index (χ3v) is 4.88. The predicted octanol–water partition coefficient (Wildman–Crippen LogP) is 5.59. The molecule has 0 unspecified atom stereocenters. The number of halogens is 1. The first kappa shape index (κ1) is 23.3. The van der Waals surface area contributed by atoms with Crippen molar-refractivity contribution in [2.45, 2.75) is 39.7 Å². The number of rotatable bonds is 4. The molecule has 0 bridgehead atoms. The first-order chi connectivity index (χ1) is 15.1. The summed E-state index contributed by atoms with van der Waals surface area (Å²) in [5.74, 6) is -0.727. The van der Waals surface area contributed by atoms with Gasteiger partial charge in [-0.05, 0) is 81.1 Å². The molecule has 0 saturated carbocycles. The van der Waals surface area contributed by atoms with Gasteiger partial charge in [0.05, 0.1) is 19.4 Å². The molecule has 1 heterocycles. The maximum Gasteiger partial charge on any atom is 0.414 e. The van der Waals surface area contributed by atoms with Crippen LogP contribution in [-0.2, 0) is 14.3 Å². The van der Waals surface area contributed by atoms with Gasteiger partial charge in [0.25, 0.3) is 0 Å². The lowest BCUT2D eigenvalue weighted by Gasteiger charge is -2.27. The Morgan fingerprint density at radius 3 is 2.41 bits per heavy atom. The van der Waals surface area contributed by atoms with Crippen molar-refractivity contribution in [2.75, 3.05) is 25.2 Å². The Kier molecular flexibility index (Phi) is 6.87. The second kappa shape index (κ2) is 9.42. The average molecular weight is 441 g/mol. The van der Waals surface area contributed by atoms with Crippen LogP contribution in [0.2, 0.25) is 0 Å². The van der Waals surface area contributed by atoms with Gasteiger partial charge >= 0.3 is 12.1 Å². The highest BCUT2D eigenvalue weighted by Crippen LogP contribution is 2.34. The fourth-order valence-corrected chi connectivity index (χ4v) is 3.46. The van der Waals surface area contributed by atoms with Gasteiger partial charge in [-0.15, -0.1) is 0 Å². The summed E-state index contributed by atoms with van der Waals surface area (Å²) in [7, 11) is 1.32. The number of nitrogens with zero attached hydrogens (tertiary/aromatic N) is 1. The van der Waals surface area contributed by atoms with Crippen molar-refractivity contribution in [2.24, 2.45) is 0 Å². The average Bonchev–Trinajstić information content (AvgIpc) is 2.92. The second-order valence-corrected chi connectivity index (χ2v) is 8.39. The van der Waals surface area contributed by atoms with Gasteiger partial charge in [-0.2, -0.15) is 0 Å². The van der Waals surface area contributed by atoms with E-state index in [0.717, 1.165) is 5.56 Å². The van der Waals surface area contributed by atoms with Gasteiger partial charge in [0, 0.05) is 12.1 Å². The van der Waals surface area contributed by atoms with Crippen molar-refractivity contribution < 1.29 is 28.2 Å². The molecule has 1 aliphatic rings. The van der Waals surface area contributed by atoms with Crippen LogP contribution in [0.25, 0.3) is 17.2 Å². The molecule has 32 heavy (non-hydrogen) atoms. The molecule has 0 aromatic heterocycles. The van der Waals surface area contributed by atoms with E-state index in [1.54, 1.807) is 52.0 Å². The number of methoxy groups -OCH3 is 1. The van der Waals surface area contributed by atoms with Gasteiger partial charge in [-0.1, -0.05) is 12.1 Å². The largest absolute Gasteiger partial charge is 0.491 e. The number of carbonyl (C=O) groups excluding carboxylic acids is 2. The van der Waals surface area contributed by atoms with Crippen LogP contribution in [0.3, 0.4) is 0 Å². The van der Waals surface area contributed by atoms with Crippen LogP contribution >= 0.6 is 0 Å². The number of ether oxygens (including phenoxy) is 3. The van der Waals surface area contributed by atoms with Crippen LogP contribution < -0.4 is 9.64 Å². The molecule has 0 atom stereocenters. The Bertz CT molecular complexity index is 1050. The minimum absolute atomic E-state index is 0.190. The molecule has 170 valence electrons. The number of esters is 1. The van der Waals surface area contributed by atoms with E-state index >= 15 is 0 Å². The van der Waals surface area contributed by atoms with Gasteiger partial charge < -0.3 is 14.2 Å². The lowest BCUT2D eigenvalue weighted by molar-refractivity contribution is -0.136. The Morgan fingerprint density at radius 1 is 1.09 bits per heavy atom. The first-order valence-electron chi connectivity index (χ1n) is 10.5. The van der Waals surface area contributed by atoms with Gasteiger partial charge in [0.1, 0.15) is 5.60 Å². The van der Waals surface area contributed by atoms with Crippen LogP contribution in [0.1, 0.15) is 39.7 Å². The second-order valence-electron chi connectivity index (χ2n) is 8.39. The van der Waals surface area contributed by atoms with E-state index in [-0.39, 0.29) is 12.3 Å². The molecule has 2 aromatic carbocycles. The zero-order valence-electron chi connectivity index (χ0n) is 19.0. The highest BCUT2D eigenvalue weighted by molar-refractivity contribution is 5.99. The van der Waals surface area contributed by atoms with Crippen molar-refractivity contribution in [1.82, 2.24) is 0 Å². The molecule has 7 heteroatoms. The molecule has 0 radical (unpaired) electrons. The van der Waals surface area contributed by atoms with E-state index in [4.69, 9.17) is 14.2 Å². The van der Waals surface area contributed by atoms with Crippen LogP contribution in [0.5, 0.6) is 5.75 Å². The summed E-state index contributed by atoms with van der Waals surface area (Å²) in [6, 6.07) is 10.2. The number of fused-ring (bicyclic) bond motifs is 1. The topological polar surface area (TPSA) is 65.1 Å². The fraction of sp³-hybridized carbons (Fsp3) is 0.360. The minimum Gasteiger partial charge on any atom is -0.491 e. The maximum absolute atomic E-state index is 14.4. The van der Waals surface area contributed by atoms with Gasteiger partial charge in [0.2, 0.25) is 0 Å². The monoisotopic (exact) mass is 441 g/mol. The normalized spacial score (nSPS) is 13.6. The molecule has 0 spiro atoms. The zero-order valence-corrected chi connectivity index (χ0v) is 19.0. The summed E-state index contributed by atoms with van der Waals surface area (Å²) in [5.41, 5.74) is 2.40. The van der Waals surface area contributed by atoms with E-state index < -0.39 is 23.5 Å². The number of anilines is 1. The van der Waals surface area contributed by atoms with Crippen LogP contribution in [0.15, 0.2) is 42.0 Å². The van der Waals surface area contributed by atoms with Gasteiger partial charge in [-0.3, -0.25) is 4.90 Å². The first-order valence-corrected chi connectivity index (χ1v) is 10.5. The quantitative estimate of drug-likeness (QED) is 0.579. The maximum atomic E-state index is 14.4. The van der Waals surface area contributed by atoms with Gasteiger partial charge in [0.15, 0.2) is 11.6 Å². The summed E-state index contributed by atoms with van der Waals surface area (Å²) in [6.45, 7) is 7.82. The number of amides is 1. The molecule has 2 aromatic rings. The highest BCUT2D eigenvalue weighted by Gasteiger charge is 2.28. The van der Waals surface area contributed by atoms with Crippen LogP contribution in [-0.4, -0.2) is 37.9 Å². The van der Waals surface area contributed by atoms with Gasteiger partial charge in [-0.25, -0.2) is 14.0 Å². The van der Waals surface area contributed by atoms with E-state index in [9.17, 15) is 14.0 Å². The summed E-state index contributed by atoms with van der Waals surface area (Å²) in [6.07, 6.45) is 1.52. The Morgan fingerprint density at radius 2 is 1.78 bits per heavy atom. The van der Waals surface area contributed by atoms with Crippen molar-refractivity contribution in [1.29, 1.82) is 0 Å². The predicted molar refractivity (Wildman–Crippen MR) is 121 cm³/mol. The Labute approximate surface area is 187 Å². The van der Waals surface area contributed by atoms with Crippen LogP contribution in [0, 0.1) is 5.82 Å². The third kappa shape index (κ3) is 5.28. The Balaban J connectivity index is 2.06. The molecular formula is C25H28FNO5. The van der Waals surface area contributed by atoms with E-state index in [2.05, 4.69) is 0 Å². The van der Waals surface area contributed by atoms with Crippen molar-refractivity contribution in [3.8, 4) is 16.9 Å². The molecular weight excluding hydrogens is 413 g/mol. The molecule has 6 nitrogen and oxygen atoms in total. The summed E-state index contributed by atoms with van der Waals surface area (Å²) in [5, 5.41) is 0. The van der Waals surface area contributed by atoms with Crippen LogP contribution in [0.4, 0.5) is 14.9 Å². The standard InChI is InChI=1S/C25H28FNO5/c1-6-31-22-10-8-17(15-20(22)26)16-7-9-21-19(13-16)14-18(23(28)30-5)11-12-27(21)24(29)32-25(2,3)4/h7-10,13-15H,6,11-12H2,1-5H3. The molecule has 0 fully saturated rings. The minimum atomic E-state index is -0.665. The summed E-state index contributed by atoms with van der Waals surface area (Å²) < 4.78 is 30.1. The molecule has 0 N–H and O–H groups in total. The molecule has 1 amide bonds. The lowest BCUT2D eigenvalue weighted by atomic mass is 10.00. The van der Waals surface area contributed by atoms with E-state index in [0.29, 0.717) is 35.4 Å². The summed E-state index contributed by atoms with van der Waals surface area (Å²) in [4.78, 5) is 26.6. The lowest BCUT2D eigenvalue weighted by Crippen LogP contribution is -2.37. The SMILES string of the molecule is CCOc1ccc(-c2ccc3c(c2)C=C(C(=O)OC)CCN3C(=O)OC(C)(C)C)cc1F. The van der Waals surface area contributed by atoms with Crippen molar-refractivity contribution >= 4 is 23.8 Å². The fourth-order valence-electron chi connectivity index (χ4n) is 3.46. The van der Waals surface area contributed by atoms with Crippen molar-refractivity contribution in [3.05, 3.63) is 53.4 Å². The van der Waals surface area contributed by atoms with E-state index in [1.165, 1.54) is 18.1 Å².